The minimum atomic E-state index is -3.61. The molecular formula is C17H21NO5S. The zero-order chi connectivity index (χ0) is 17.7. The van der Waals surface area contributed by atoms with Crippen molar-refractivity contribution in [1.29, 1.82) is 0 Å². The van der Waals surface area contributed by atoms with E-state index in [1.54, 1.807) is 37.4 Å². The molecule has 2 aromatic carbocycles. The van der Waals surface area contributed by atoms with E-state index in [1.807, 2.05) is 0 Å². The molecule has 0 saturated carbocycles. The Morgan fingerprint density at radius 3 is 2.00 bits per heavy atom. The summed E-state index contributed by atoms with van der Waals surface area (Å²) in [5.74, 6) is 1.83. The van der Waals surface area contributed by atoms with Crippen LogP contribution in [-0.4, -0.2) is 41.1 Å². The highest BCUT2D eigenvalue weighted by Gasteiger charge is 2.22. The van der Waals surface area contributed by atoms with Crippen LogP contribution in [0.3, 0.4) is 0 Å². The van der Waals surface area contributed by atoms with Gasteiger partial charge in [-0.1, -0.05) is 6.07 Å². The zero-order valence-corrected chi connectivity index (χ0v) is 15.0. The Morgan fingerprint density at radius 2 is 1.46 bits per heavy atom. The van der Waals surface area contributed by atoms with Gasteiger partial charge in [0.2, 0.25) is 10.0 Å². The van der Waals surface area contributed by atoms with Crippen LogP contribution < -0.4 is 14.2 Å². The highest BCUT2D eigenvalue weighted by atomic mass is 32.2. The fourth-order valence-corrected chi connectivity index (χ4v) is 3.38. The maximum atomic E-state index is 12.7. The van der Waals surface area contributed by atoms with E-state index in [-0.39, 0.29) is 11.4 Å². The Kier molecular flexibility index (Phi) is 5.69. The molecule has 0 radical (unpaired) electrons. The number of hydrogen-bond donors (Lipinski definition) is 0. The number of ether oxygens (including phenoxy) is 3. The summed E-state index contributed by atoms with van der Waals surface area (Å²) in [5.41, 5.74) is 0.748. The van der Waals surface area contributed by atoms with Gasteiger partial charge in [0.1, 0.15) is 17.2 Å². The van der Waals surface area contributed by atoms with E-state index < -0.39 is 10.0 Å². The molecule has 0 aliphatic carbocycles. The lowest BCUT2D eigenvalue weighted by Gasteiger charge is -2.19. The molecule has 0 heterocycles. The first-order valence-electron chi connectivity index (χ1n) is 7.23. The molecule has 0 aromatic heterocycles. The summed E-state index contributed by atoms with van der Waals surface area (Å²) >= 11 is 0. The third-order valence-corrected chi connectivity index (χ3v) is 5.47. The predicted octanol–water partition coefficient (Wildman–Crippen LogP) is 2.53. The Labute approximate surface area is 142 Å². The van der Waals surface area contributed by atoms with Crippen molar-refractivity contribution in [1.82, 2.24) is 4.31 Å². The van der Waals surface area contributed by atoms with Gasteiger partial charge < -0.3 is 14.2 Å². The summed E-state index contributed by atoms with van der Waals surface area (Å²) in [5, 5.41) is 0. The summed E-state index contributed by atoms with van der Waals surface area (Å²) in [4.78, 5) is 0.207. The van der Waals surface area contributed by atoms with Crippen LogP contribution in [-0.2, 0) is 16.6 Å². The van der Waals surface area contributed by atoms with E-state index in [0.717, 1.165) is 5.56 Å². The van der Waals surface area contributed by atoms with Crippen molar-refractivity contribution in [2.24, 2.45) is 0 Å². The molecule has 0 atom stereocenters. The number of methoxy groups -OCH3 is 3. The molecule has 0 saturated heterocycles. The van der Waals surface area contributed by atoms with E-state index in [0.29, 0.717) is 17.2 Å². The molecule has 2 aromatic rings. The fourth-order valence-electron chi connectivity index (χ4n) is 2.23. The monoisotopic (exact) mass is 351 g/mol. The summed E-state index contributed by atoms with van der Waals surface area (Å²) < 4.78 is 42.2. The third-order valence-electron chi connectivity index (χ3n) is 3.65. The molecule has 0 aliphatic heterocycles. The van der Waals surface area contributed by atoms with E-state index in [4.69, 9.17) is 14.2 Å². The molecule has 0 fully saturated rings. The van der Waals surface area contributed by atoms with Crippen LogP contribution in [0.1, 0.15) is 5.56 Å². The second-order valence-corrected chi connectivity index (χ2v) is 7.16. The number of nitrogens with zero attached hydrogens (tertiary/aromatic N) is 1. The highest BCUT2D eigenvalue weighted by molar-refractivity contribution is 7.89. The minimum Gasteiger partial charge on any atom is -0.497 e. The summed E-state index contributed by atoms with van der Waals surface area (Å²) in [7, 11) is 2.55. The van der Waals surface area contributed by atoms with Crippen molar-refractivity contribution in [3.63, 3.8) is 0 Å². The SMILES string of the molecule is COc1ccc(S(=O)(=O)N(C)Cc2ccc(OC)cc2OC)cc1. The number of rotatable bonds is 7. The van der Waals surface area contributed by atoms with Crippen LogP contribution in [0.2, 0.25) is 0 Å². The number of benzene rings is 2. The van der Waals surface area contributed by atoms with Gasteiger partial charge in [-0.05, 0) is 30.3 Å². The van der Waals surface area contributed by atoms with Gasteiger partial charge in [-0.3, -0.25) is 0 Å². The summed E-state index contributed by atoms with van der Waals surface area (Å²) in [6, 6.07) is 11.6. The van der Waals surface area contributed by atoms with Crippen molar-refractivity contribution in [3.8, 4) is 17.2 Å². The predicted molar refractivity (Wildman–Crippen MR) is 91.2 cm³/mol. The van der Waals surface area contributed by atoms with Crippen LogP contribution in [0.4, 0.5) is 0 Å². The van der Waals surface area contributed by atoms with Crippen molar-refractivity contribution < 1.29 is 22.6 Å². The number of sulfonamides is 1. The first-order valence-corrected chi connectivity index (χ1v) is 8.67. The molecular weight excluding hydrogens is 330 g/mol. The molecule has 0 aliphatic rings. The van der Waals surface area contributed by atoms with Crippen LogP contribution in [0.5, 0.6) is 17.2 Å². The van der Waals surface area contributed by atoms with Crippen molar-refractivity contribution in [2.75, 3.05) is 28.4 Å². The standard InChI is InChI=1S/C17H21NO5S/c1-18(12-13-5-6-15(22-3)11-17(13)23-4)24(19,20)16-9-7-14(21-2)8-10-16/h5-11H,12H2,1-4H3. The molecule has 0 unspecified atom stereocenters. The van der Waals surface area contributed by atoms with E-state index >= 15 is 0 Å². The first-order chi connectivity index (χ1) is 11.4. The quantitative estimate of drug-likeness (QED) is 0.767. The van der Waals surface area contributed by atoms with Crippen LogP contribution in [0.25, 0.3) is 0 Å². The third kappa shape index (κ3) is 3.80. The van der Waals surface area contributed by atoms with Gasteiger partial charge in [0.15, 0.2) is 0 Å². The van der Waals surface area contributed by atoms with Crippen LogP contribution >= 0.6 is 0 Å². The van der Waals surface area contributed by atoms with Crippen LogP contribution in [0, 0.1) is 0 Å². The molecule has 0 N–H and O–H groups in total. The molecule has 0 bridgehead atoms. The highest BCUT2D eigenvalue weighted by Crippen LogP contribution is 2.27. The smallest absolute Gasteiger partial charge is 0.243 e. The lowest BCUT2D eigenvalue weighted by Crippen LogP contribution is -2.26. The van der Waals surface area contributed by atoms with Gasteiger partial charge in [0, 0.05) is 25.2 Å². The first kappa shape index (κ1) is 18.1. The van der Waals surface area contributed by atoms with Gasteiger partial charge in [-0.25, -0.2) is 8.42 Å². The Balaban J connectivity index is 2.25. The van der Waals surface area contributed by atoms with Crippen LogP contribution in [0.15, 0.2) is 47.4 Å². The Bertz CT molecular complexity index is 787. The molecule has 0 amide bonds. The topological polar surface area (TPSA) is 65.1 Å². The van der Waals surface area contributed by atoms with Crippen molar-refractivity contribution in [3.05, 3.63) is 48.0 Å². The second kappa shape index (κ2) is 7.55. The fraction of sp³-hybridized carbons (Fsp3) is 0.294. The van der Waals surface area contributed by atoms with Gasteiger partial charge >= 0.3 is 0 Å². The van der Waals surface area contributed by atoms with Crippen molar-refractivity contribution >= 4 is 10.0 Å². The lowest BCUT2D eigenvalue weighted by molar-refractivity contribution is 0.384. The molecule has 7 heteroatoms. The number of hydrogen-bond acceptors (Lipinski definition) is 5. The van der Waals surface area contributed by atoms with Gasteiger partial charge in [-0.2, -0.15) is 4.31 Å². The molecule has 6 nitrogen and oxygen atoms in total. The van der Waals surface area contributed by atoms with E-state index in [1.165, 1.54) is 37.7 Å². The van der Waals surface area contributed by atoms with Crippen molar-refractivity contribution in [2.45, 2.75) is 11.4 Å². The molecule has 0 spiro atoms. The van der Waals surface area contributed by atoms with Gasteiger partial charge in [-0.15, -0.1) is 0 Å². The maximum absolute atomic E-state index is 12.7. The normalized spacial score (nSPS) is 11.4. The molecule has 2 rings (SSSR count). The Hall–Kier alpha value is -2.25. The second-order valence-electron chi connectivity index (χ2n) is 5.11. The Morgan fingerprint density at radius 1 is 0.875 bits per heavy atom. The minimum absolute atomic E-state index is 0.182. The zero-order valence-electron chi connectivity index (χ0n) is 14.1. The molecule has 130 valence electrons. The van der Waals surface area contributed by atoms with E-state index in [9.17, 15) is 8.42 Å². The maximum Gasteiger partial charge on any atom is 0.243 e. The summed E-state index contributed by atoms with van der Waals surface area (Å²) in [6.07, 6.45) is 0. The molecule has 24 heavy (non-hydrogen) atoms. The van der Waals surface area contributed by atoms with E-state index in [2.05, 4.69) is 0 Å². The lowest BCUT2D eigenvalue weighted by atomic mass is 10.2. The largest absolute Gasteiger partial charge is 0.497 e. The summed E-state index contributed by atoms with van der Waals surface area (Å²) in [6.45, 7) is 0.182. The average Bonchev–Trinajstić information content (AvgIpc) is 2.61. The van der Waals surface area contributed by atoms with Gasteiger partial charge in [0.05, 0.1) is 26.2 Å². The average molecular weight is 351 g/mol. The van der Waals surface area contributed by atoms with Gasteiger partial charge in [0.25, 0.3) is 0 Å².